The summed E-state index contributed by atoms with van der Waals surface area (Å²) in [6.45, 7) is -2.93. The molecule has 1 amide bonds. The topological polar surface area (TPSA) is 79.1 Å². The van der Waals surface area contributed by atoms with Crippen LogP contribution in [0.1, 0.15) is 5.56 Å². The molecule has 0 fully saturated rings. The van der Waals surface area contributed by atoms with E-state index in [1.54, 1.807) is 36.4 Å². The molecule has 0 aliphatic carbocycles. The summed E-state index contributed by atoms with van der Waals surface area (Å²) in [5.41, 5.74) is 0.294. The minimum atomic E-state index is -2.93. The molecular weight excluding hydrogens is 378 g/mol. The monoisotopic (exact) mass is 392 g/mol. The van der Waals surface area contributed by atoms with Crippen molar-refractivity contribution in [2.75, 3.05) is 4.90 Å². The van der Waals surface area contributed by atoms with Crippen LogP contribution in [0.25, 0.3) is 6.08 Å². The molecule has 0 aliphatic rings. The Hall–Kier alpha value is -4.12. The Morgan fingerprint density at radius 2 is 1.59 bits per heavy atom. The van der Waals surface area contributed by atoms with Crippen molar-refractivity contribution >= 4 is 23.6 Å². The molecule has 1 aromatic carbocycles. The molecule has 2 heterocycles. The maximum Gasteiger partial charge on any atom is 0.387 e. The highest BCUT2D eigenvalue weighted by Gasteiger charge is 2.23. The molecule has 0 aliphatic heterocycles. The number of nitriles is 1. The molecule has 0 saturated carbocycles. The molecule has 29 heavy (non-hydrogen) atoms. The van der Waals surface area contributed by atoms with Crippen molar-refractivity contribution in [1.29, 1.82) is 5.26 Å². The van der Waals surface area contributed by atoms with E-state index in [2.05, 4.69) is 14.7 Å². The summed E-state index contributed by atoms with van der Waals surface area (Å²) in [5, 5.41) is 9.54. The van der Waals surface area contributed by atoms with Gasteiger partial charge in [0, 0.05) is 12.4 Å². The van der Waals surface area contributed by atoms with E-state index >= 15 is 0 Å². The van der Waals surface area contributed by atoms with Gasteiger partial charge in [0.15, 0.2) is 0 Å². The Morgan fingerprint density at radius 1 is 1.00 bits per heavy atom. The first-order valence-corrected chi connectivity index (χ1v) is 8.41. The minimum Gasteiger partial charge on any atom is -0.435 e. The zero-order valence-electron chi connectivity index (χ0n) is 14.9. The normalized spacial score (nSPS) is 11.0. The number of benzene rings is 1. The van der Waals surface area contributed by atoms with E-state index in [9.17, 15) is 18.8 Å². The molecule has 8 heteroatoms. The Labute approximate surface area is 165 Å². The fourth-order valence-electron chi connectivity index (χ4n) is 2.47. The fraction of sp³-hybridized carbons (Fsp3) is 0.0476. The van der Waals surface area contributed by atoms with Gasteiger partial charge in [-0.25, -0.2) is 14.9 Å². The van der Waals surface area contributed by atoms with Gasteiger partial charge in [-0.15, -0.1) is 0 Å². The summed E-state index contributed by atoms with van der Waals surface area (Å²) < 4.78 is 28.8. The first kappa shape index (κ1) is 19.6. The van der Waals surface area contributed by atoms with E-state index in [0.29, 0.717) is 17.2 Å². The average Bonchev–Trinajstić information content (AvgIpc) is 2.74. The Morgan fingerprint density at radius 3 is 2.03 bits per heavy atom. The van der Waals surface area contributed by atoms with Crippen LogP contribution in [-0.4, -0.2) is 22.5 Å². The number of alkyl halides is 2. The number of amides is 1. The highest BCUT2D eigenvalue weighted by molar-refractivity contribution is 6.14. The molecule has 0 radical (unpaired) electrons. The van der Waals surface area contributed by atoms with Crippen LogP contribution < -0.4 is 9.64 Å². The summed E-state index contributed by atoms with van der Waals surface area (Å²) in [7, 11) is 0. The zero-order valence-corrected chi connectivity index (χ0v) is 14.9. The second-order valence-corrected chi connectivity index (χ2v) is 5.63. The van der Waals surface area contributed by atoms with Gasteiger partial charge in [0.25, 0.3) is 5.91 Å². The second-order valence-electron chi connectivity index (χ2n) is 5.63. The third-order valence-electron chi connectivity index (χ3n) is 3.73. The van der Waals surface area contributed by atoms with Crippen LogP contribution in [-0.2, 0) is 4.79 Å². The number of aromatic nitrogens is 2. The lowest BCUT2D eigenvalue weighted by Crippen LogP contribution is -2.28. The van der Waals surface area contributed by atoms with Crippen molar-refractivity contribution in [3.8, 4) is 11.8 Å². The molecule has 0 N–H and O–H groups in total. The summed E-state index contributed by atoms with van der Waals surface area (Å²) in [6.07, 6.45) is 4.40. The van der Waals surface area contributed by atoms with E-state index in [1.165, 1.54) is 47.6 Å². The van der Waals surface area contributed by atoms with Crippen LogP contribution in [0.2, 0.25) is 0 Å². The van der Waals surface area contributed by atoms with E-state index in [4.69, 9.17) is 0 Å². The van der Waals surface area contributed by atoms with Crippen molar-refractivity contribution in [2.45, 2.75) is 6.61 Å². The maximum absolute atomic E-state index is 13.1. The molecular formula is C21H14F2N4O2. The maximum atomic E-state index is 13.1. The summed E-state index contributed by atoms with van der Waals surface area (Å²) in [4.78, 5) is 22.7. The van der Waals surface area contributed by atoms with Gasteiger partial charge >= 0.3 is 6.61 Å². The van der Waals surface area contributed by atoms with Crippen LogP contribution >= 0.6 is 0 Å². The van der Waals surface area contributed by atoms with Gasteiger partial charge < -0.3 is 4.74 Å². The molecule has 0 saturated heterocycles. The van der Waals surface area contributed by atoms with Crippen molar-refractivity contribution in [3.05, 3.63) is 84.2 Å². The number of ether oxygens (including phenoxy) is 1. The Balaban J connectivity index is 1.95. The number of hydrogen-bond donors (Lipinski definition) is 0. The van der Waals surface area contributed by atoms with Gasteiger partial charge in [-0.1, -0.05) is 24.3 Å². The largest absolute Gasteiger partial charge is 0.435 e. The summed E-state index contributed by atoms with van der Waals surface area (Å²) in [5.74, 6) is -0.0422. The molecule has 0 bridgehead atoms. The number of hydrogen-bond acceptors (Lipinski definition) is 5. The number of anilines is 2. The van der Waals surface area contributed by atoms with E-state index < -0.39 is 12.5 Å². The van der Waals surface area contributed by atoms with Gasteiger partial charge in [-0.3, -0.25) is 4.79 Å². The predicted molar refractivity (Wildman–Crippen MR) is 102 cm³/mol. The first-order chi connectivity index (χ1) is 14.1. The van der Waals surface area contributed by atoms with Gasteiger partial charge in [-0.2, -0.15) is 14.0 Å². The van der Waals surface area contributed by atoms with Gasteiger partial charge in [-0.05, 0) is 48.0 Å². The number of rotatable bonds is 6. The lowest BCUT2D eigenvalue weighted by molar-refractivity contribution is -0.114. The minimum absolute atomic E-state index is 0.0226. The second kappa shape index (κ2) is 9.19. The van der Waals surface area contributed by atoms with Crippen LogP contribution in [0, 0.1) is 11.3 Å². The van der Waals surface area contributed by atoms with Crippen LogP contribution in [0.4, 0.5) is 20.4 Å². The van der Waals surface area contributed by atoms with E-state index in [1.807, 2.05) is 6.07 Å². The highest BCUT2D eigenvalue weighted by atomic mass is 19.3. The molecule has 6 nitrogen and oxygen atoms in total. The predicted octanol–water partition coefficient (Wildman–Crippen LogP) is 4.35. The molecule has 2 aromatic heterocycles. The van der Waals surface area contributed by atoms with Crippen molar-refractivity contribution in [2.24, 2.45) is 0 Å². The van der Waals surface area contributed by atoms with E-state index in [0.717, 1.165) is 0 Å². The smallest absolute Gasteiger partial charge is 0.387 e. The van der Waals surface area contributed by atoms with Crippen molar-refractivity contribution < 1.29 is 18.3 Å². The zero-order chi connectivity index (χ0) is 20.6. The van der Waals surface area contributed by atoms with E-state index in [-0.39, 0.29) is 11.3 Å². The lowest BCUT2D eigenvalue weighted by Gasteiger charge is -2.20. The fourth-order valence-corrected chi connectivity index (χ4v) is 2.47. The van der Waals surface area contributed by atoms with Gasteiger partial charge in [0.2, 0.25) is 0 Å². The van der Waals surface area contributed by atoms with Gasteiger partial charge in [0.1, 0.15) is 29.0 Å². The number of pyridine rings is 2. The third kappa shape index (κ3) is 4.99. The molecule has 144 valence electrons. The van der Waals surface area contributed by atoms with Crippen LogP contribution in [0.5, 0.6) is 5.75 Å². The standard InChI is InChI=1S/C21H14F2N4O2/c22-21(23)29-17-9-7-15(8-10-17)13-16(14-24)20(28)27(18-5-1-3-11-25-18)19-6-2-4-12-26-19/h1-13,21H. The summed E-state index contributed by atoms with van der Waals surface area (Å²) in [6, 6.07) is 17.5. The molecule has 3 rings (SSSR count). The Bertz CT molecular complexity index is 994. The lowest BCUT2D eigenvalue weighted by atomic mass is 10.1. The Kier molecular flexibility index (Phi) is 6.22. The van der Waals surface area contributed by atoms with Crippen LogP contribution in [0.15, 0.2) is 78.6 Å². The number of halogens is 2. The quantitative estimate of drug-likeness (QED) is 0.460. The third-order valence-corrected chi connectivity index (χ3v) is 3.73. The van der Waals surface area contributed by atoms with Gasteiger partial charge in [0.05, 0.1) is 0 Å². The average molecular weight is 392 g/mol. The van der Waals surface area contributed by atoms with Crippen molar-refractivity contribution in [3.63, 3.8) is 0 Å². The molecule has 0 atom stereocenters. The first-order valence-electron chi connectivity index (χ1n) is 8.41. The highest BCUT2D eigenvalue weighted by Crippen LogP contribution is 2.24. The SMILES string of the molecule is N#CC(=Cc1ccc(OC(F)F)cc1)C(=O)N(c1ccccn1)c1ccccn1. The van der Waals surface area contributed by atoms with Crippen LogP contribution in [0.3, 0.4) is 0 Å². The molecule has 0 spiro atoms. The summed E-state index contributed by atoms with van der Waals surface area (Å²) >= 11 is 0. The number of carbonyl (C=O) groups is 1. The molecule has 3 aromatic rings. The number of nitrogens with zero attached hydrogens (tertiary/aromatic N) is 4. The number of carbonyl (C=O) groups excluding carboxylic acids is 1. The molecule has 0 unspecified atom stereocenters. The van der Waals surface area contributed by atoms with Crippen molar-refractivity contribution in [1.82, 2.24) is 9.97 Å².